The normalized spacial score (nSPS) is 43.6. The van der Waals surface area contributed by atoms with E-state index in [1.165, 1.54) is 18.2 Å². The number of hydrogen-bond acceptors (Lipinski definition) is 7. The van der Waals surface area contributed by atoms with E-state index in [-0.39, 0.29) is 36.4 Å². The quantitative estimate of drug-likeness (QED) is 0.489. The van der Waals surface area contributed by atoms with Gasteiger partial charge in [0.2, 0.25) is 5.82 Å². The van der Waals surface area contributed by atoms with Crippen LogP contribution in [0.1, 0.15) is 60.3 Å². The monoisotopic (exact) mass is 580 g/mol. The number of aromatic nitrogens is 2. The Hall–Kier alpha value is -2.83. The van der Waals surface area contributed by atoms with Crippen LogP contribution < -0.4 is 11.2 Å². The van der Waals surface area contributed by atoms with Gasteiger partial charge in [-0.15, -0.1) is 0 Å². The molecule has 6 rings (SSSR count). The number of allylic oxidation sites excluding steroid dienone is 4. The second-order valence-corrected chi connectivity index (χ2v) is 12.6. The maximum Gasteiger partial charge on any atom is 0.325 e. The fourth-order valence-corrected chi connectivity index (χ4v) is 8.46. The molecule has 4 fully saturated rings. The van der Waals surface area contributed by atoms with Crippen LogP contribution in [-0.4, -0.2) is 62.1 Å². The summed E-state index contributed by atoms with van der Waals surface area (Å²) in [6.07, 6.45) is 1.46. The summed E-state index contributed by atoms with van der Waals surface area (Å²) in [4.78, 5) is 49.3. The SMILES string of the molecule is CCC(=O)[C@@]12OC(C)(C)O[C@@H]1C[C@H]1[C@@H]3C[C@H](F)C4=CC(=O)C=C[C@]4(C)[C@@]3(F)[C@@H](O)C[C@@]12C.O=c1[nH]cc(F)c(=O)[nH]1. The Morgan fingerprint density at radius 3 is 2.44 bits per heavy atom. The van der Waals surface area contributed by atoms with Crippen LogP contribution in [0.25, 0.3) is 0 Å². The van der Waals surface area contributed by atoms with Crippen molar-refractivity contribution < 1.29 is 37.3 Å². The molecule has 2 heterocycles. The Morgan fingerprint density at radius 1 is 1.15 bits per heavy atom. The van der Waals surface area contributed by atoms with Crippen LogP contribution in [0.15, 0.2) is 39.6 Å². The summed E-state index contributed by atoms with van der Waals surface area (Å²) in [6.45, 7) is 8.73. The number of nitrogens with one attached hydrogen (secondary N) is 2. The van der Waals surface area contributed by atoms with Crippen molar-refractivity contribution in [2.24, 2.45) is 22.7 Å². The van der Waals surface area contributed by atoms with Gasteiger partial charge in [-0.1, -0.05) is 19.9 Å². The molecule has 0 amide bonds. The lowest BCUT2D eigenvalue weighted by atomic mass is 9.44. The summed E-state index contributed by atoms with van der Waals surface area (Å²) < 4.78 is 57.2. The molecule has 12 heteroatoms. The second-order valence-electron chi connectivity index (χ2n) is 12.6. The van der Waals surface area contributed by atoms with Gasteiger partial charge < -0.3 is 19.6 Å². The highest BCUT2D eigenvalue weighted by Crippen LogP contribution is 2.72. The van der Waals surface area contributed by atoms with Crippen LogP contribution in [0.4, 0.5) is 13.2 Å². The highest BCUT2D eigenvalue weighted by molar-refractivity contribution is 6.01. The highest BCUT2D eigenvalue weighted by atomic mass is 19.1. The van der Waals surface area contributed by atoms with Gasteiger partial charge in [0.25, 0.3) is 5.56 Å². The number of halogens is 3. The topological polar surface area (TPSA) is 139 Å². The van der Waals surface area contributed by atoms with E-state index in [1.807, 2.05) is 11.9 Å². The van der Waals surface area contributed by atoms with Crippen LogP contribution in [0.2, 0.25) is 0 Å². The van der Waals surface area contributed by atoms with Gasteiger partial charge >= 0.3 is 5.69 Å². The van der Waals surface area contributed by atoms with Gasteiger partial charge in [-0.05, 0) is 63.7 Å². The van der Waals surface area contributed by atoms with Crippen molar-refractivity contribution in [1.82, 2.24) is 9.97 Å². The van der Waals surface area contributed by atoms with Gasteiger partial charge in [0, 0.05) is 29.4 Å². The summed E-state index contributed by atoms with van der Waals surface area (Å²) >= 11 is 0. The molecule has 5 aliphatic rings. The van der Waals surface area contributed by atoms with Crippen molar-refractivity contribution >= 4 is 11.6 Å². The van der Waals surface area contributed by atoms with Crippen molar-refractivity contribution in [3.63, 3.8) is 0 Å². The number of carbonyl (C=O) groups is 2. The fraction of sp³-hybridized carbons (Fsp3) is 0.655. The van der Waals surface area contributed by atoms with E-state index in [1.54, 1.807) is 32.7 Å². The van der Waals surface area contributed by atoms with Crippen molar-refractivity contribution in [1.29, 1.82) is 0 Å². The molecule has 1 aromatic rings. The summed E-state index contributed by atoms with van der Waals surface area (Å²) in [5.74, 6) is -3.75. The zero-order chi connectivity index (χ0) is 30.3. The smallest absolute Gasteiger partial charge is 0.325 e. The van der Waals surface area contributed by atoms with Gasteiger partial charge in [0.05, 0.1) is 12.2 Å². The first-order valence-corrected chi connectivity index (χ1v) is 13.8. The molecule has 0 radical (unpaired) electrons. The van der Waals surface area contributed by atoms with Crippen molar-refractivity contribution in [2.45, 2.75) is 95.7 Å². The van der Waals surface area contributed by atoms with Crippen LogP contribution in [0.3, 0.4) is 0 Å². The molecular formula is C29H35F3N2O7. The number of Topliss-reactive ketones (excluding diaryl/α,β-unsaturated/α-hetero) is 1. The molecular weight excluding hydrogens is 545 g/mol. The lowest BCUT2D eigenvalue weighted by Gasteiger charge is -2.63. The number of hydrogen-bond donors (Lipinski definition) is 3. The number of H-pyrrole nitrogens is 2. The molecule has 0 aromatic carbocycles. The van der Waals surface area contributed by atoms with Gasteiger partial charge in [-0.3, -0.25) is 19.4 Å². The van der Waals surface area contributed by atoms with Crippen molar-refractivity contribution in [3.05, 3.63) is 56.7 Å². The summed E-state index contributed by atoms with van der Waals surface area (Å²) in [5, 5.41) is 11.4. The van der Waals surface area contributed by atoms with Crippen LogP contribution in [0, 0.1) is 28.5 Å². The minimum absolute atomic E-state index is 0.00600. The average Bonchev–Trinajstić information content (AvgIpc) is 3.30. The standard InChI is InChI=1S/C25H32F2O5.C4H3FN2O2/c1-6-18(29)25-20(31-21(2,3)32-25)11-14-15-10-17(26)16-9-13(28)7-8-22(16,4)24(15,27)19(30)12-23(14,25)5;5-2-1-6-4(9)7-3(2)8/h7-9,14-15,17,19-20,30H,6,10-12H2,1-5H3;1H,(H2,6,7,8,9)/t14-,15-,17-,19-,20+,22-,23-,24-,25+;/m0./s1. The molecule has 3 saturated carbocycles. The van der Waals surface area contributed by atoms with Crippen LogP contribution in [0.5, 0.6) is 0 Å². The van der Waals surface area contributed by atoms with E-state index in [4.69, 9.17) is 9.47 Å². The molecule has 224 valence electrons. The summed E-state index contributed by atoms with van der Waals surface area (Å²) in [5.41, 5.74) is -7.45. The number of ether oxygens (including phenoxy) is 2. The van der Waals surface area contributed by atoms with E-state index in [0.29, 0.717) is 12.6 Å². The Balaban J connectivity index is 0.000000321. The third-order valence-electron chi connectivity index (χ3n) is 10.1. The fourth-order valence-electron chi connectivity index (χ4n) is 8.46. The van der Waals surface area contributed by atoms with E-state index in [0.717, 1.165) is 0 Å². The maximum atomic E-state index is 17.2. The number of ketones is 2. The van der Waals surface area contributed by atoms with Crippen LogP contribution >= 0.6 is 0 Å². The largest absolute Gasteiger partial charge is 0.390 e. The van der Waals surface area contributed by atoms with Gasteiger partial charge in [0.1, 0.15) is 6.17 Å². The molecule has 9 nitrogen and oxygen atoms in total. The van der Waals surface area contributed by atoms with Gasteiger partial charge in [-0.25, -0.2) is 13.6 Å². The second kappa shape index (κ2) is 9.34. The van der Waals surface area contributed by atoms with E-state index in [9.17, 15) is 28.7 Å². The Bertz CT molecular complexity index is 1470. The first-order valence-electron chi connectivity index (χ1n) is 13.8. The molecule has 3 N–H and O–H groups in total. The predicted molar refractivity (Wildman–Crippen MR) is 140 cm³/mol. The molecule has 0 unspecified atom stereocenters. The Kier molecular flexibility index (Phi) is 6.75. The molecule has 41 heavy (non-hydrogen) atoms. The van der Waals surface area contributed by atoms with Crippen LogP contribution in [-0.2, 0) is 19.1 Å². The minimum atomic E-state index is -2.17. The zero-order valence-electron chi connectivity index (χ0n) is 23.6. The Labute approximate surface area is 234 Å². The van der Waals surface area contributed by atoms with Crippen molar-refractivity contribution in [2.75, 3.05) is 0 Å². The first-order chi connectivity index (χ1) is 19.0. The van der Waals surface area contributed by atoms with Gasteiger partial charge in [-0.2, -0.15) is 4.39 Å². The van der Waals surface area contributed by atoms with E-state index in [2.05, 4.69) is 0 Å². The molecule has 9 atom stereocenters. The van der Waals surface area contributed by atoms with Gasteiger partial charge in [0.15, 0.2) is 28.6 Å². The van der Waals surface area contributed by atoms with Crippen molar-refractivity contribution in [3.8, 4) is 0 Å². The molecule has 1 aliphatic heterocycles. The molecule has 4 aliphatic carbocycles. The Morgan fingerprint density at radius 2 is 1.83 bits per heavy atom. The summed E-state index contributed by atoms with van der Waals surface area (Å²) in [7, 11) is 0. The lowest BCUT2D eigenvalue weighted by Crippen LogP contribution is -2.70. The lowest BCUT2D eigenvalue weighted by molar-refractivity contribution is -0.248. The zero-order valence-corrected chi connectivity index (χ0v) is 23.6. The maximum absolute atomic E-state index is 17.2. The number of alkyl halides is 2. The third-order valence-corrected chi connectivity index (χ3v) is 10.1. The minimum Gasteiger partial charge on any atom is -0.390 e. The number of aliphatic hydroxyl groups excluding tert-OH is 1. The number of aliphatic hydroxyl groups is 1. The number of aromatic amines is 2. The van der Waals surface area contributed by atoms with E-state index < -0.39 is 75.2 Å². The first kappa shape index (κ1) is 29.7. The number of rotatable bonds is 2. The summed E-state index contributed by atoms with van der Waals surface area (Å²) in [6, 6.07) is 0. The number of carbonyl (C=O) groups excluding carboxylic acids is 2. The number of fused-ring (bicyclic) bond motifs is 7. The molecule has 1 aromatic heterocycles. The molecule has 1 saturated heterocycles. The van der Waals surface area contributed by atoms with E-state index >= 15 is 8.78 Å². The predicted octanol–water partition coefficient (Wildman–Crippen LogP) is 2.99. The highest BCUT2D eigenvalue weighted by Gasteiger charge is 2.80. The molecule has 0 bridgehead atoms. The third kappa shape index (κ3) is 3.93. The average molecular weight is 581 g/mol. The molecule has 0 spiro atoms.